The topological polar surface area (TPSA) is 94.6 Å². The number of hydrogen-bond donors (Lipinski definition) is 1. The van der Waals surface area contributed by atoms with Gasteiger partial charge in [0.05, 0.1) is 32.4 Å². The van der Waals surface area contributed by atoms with Crippen LogP contribution in [-0.2, 0) is 0 Å². The molecule has 8 nitrogen and oxygen atoms in total. The van der Waals surface area contributed by atoms with Crippen LogP contribution in [0.1, 0.15) is 0 Å². The second-order valence-corrected chi connectivity index (χ2v) is 6.76. The fourth-order valence-electron chi connectivity index (χ4n) is 2.90. The maximum absolute atomic E-state index is 12.4. The van der Waals surface area contributed by atoms with Crippen molar-refractivity contribution in [3.63, 3.8) is 0 Å². The molecule has 0 amide bonds. The van der Waals surface area contributed by atoms with Crippen LogP contribution in [0.4, 0.5) is 30.4 Å². The number of anilines is 2. The van der Waals surface area contributed by atoms with Crippen molar-refractivity contribution in [2.24, 2.45) is 0 Å². The Morgan fingerprint density at radius 2 is 1.90 bits per heavy atom. The molecule has 4 aromatic rings. The molecule has 30 heavy (non-hydrogen) atoms. The van der Waals surface area contributed by atoms with Gasteiger partial charge in [-0.1, -0.05) is 29.3 Å². The van der Waals surface area contributed by atoms with Gasteiger partial charge in [-0.2, -0.15) is 0 Å². The van der Waals surface area contributed by atoms with Crippen LogP contribution in [0.2, 0.25) is 10.0 Å². The lowest BCUT2D eigenvalue weighted by molar-refractivity contribution is -0.383. The van der Waals surface area contributed by atoms with Crippen molar-refractivity contribution in [2.75, 3.05) is 5.32 Å². The average Bonchev–Trinajstić information content (AvgIpc) is 3.12. The molecule has 0 aliphatic rings. The number of benzene rings is 2. The zero-order chi connectivity index (χ0) is 21.6. The number of rotatable bonds is 4. The summed E-state index contributed by atoms with van der Waals surface area (Å²) < 4.78 is 42.6. The summed E-state index contributed by atoms with van der Waals surface area (Å²) in [4.78, 5) is 19.2. The first-order chi connectivity index (χ1) is 14.1. The predicted octanol–water partition coefficient (Wildman–Crippen LogP) is 5.74. The van der Waals surface area contributed by atoms with Crippen LogP contribution < -0.4 is 10.1 Å². The van der Waals surface area contributed by atoms with E-state index in [0.717, 1.165) is 12.1 Å². The first kappa shape index (κ1) is 20.0. The molecule has 0 aliphatic carbocycles. The van der Waals surface area contributed by atoms with Crippen LogP contribution in [0.3, 0.4) is 0 Å². The summed E-state index contributed by atoms with van der Waals surface area (Å²) in [7, 11) is 0. The van der Waals surface area contributed by atoms with E-state index >= 15 is 0 Å². The normalized spacial score (nSPS) is 11.8. The number of nitrogens with zero attached hydrogens (tertiary/aromatic N) is 4. The highest BCUT2D eigenvalue weighted by Crippen LogP contribution is 2.39. The maximum Gasteiger partial charge on any atom is 0.573 e. The van der Waals surface area contributed by atoms with Gasteiger partial charge in [0.2, 0.25) is 0 Å². The molecule has 2 heterocycles. The molecular weight excluding hydrogens is 450 g/mol. The number of ether oxygens (including phenoxy) is 1. The van der Waals surface area contributed by atoms with Crippen LogP contribution in [0.25, 0.3) is 16.6 Å². The number of hydrogen-bond acceptors (Lipinski definition) is 6. The minimum absolute atomic E-state index is 0.0771. The fraction of sp³-hybridized carbons (Fsp3) is 0.0588. The van der Waals surface area contributed by atoms with E-state index in [1.165, 1.54) is 29.1 Å². The van der Waals surface area contributed by atoms with Crippen molar-refractivity contribution in [1.29, 1.82) is 0 Å². The summed E-state index contributed by atoms with van der Waals surface area (Å²) in [6, 6.07) is 6.27. The Bertz CT molecular complexity index is 1290. The summed E-state index contributed by atoms with van der Waals surface area (Å²) >= 11 is 12.2. The molecule has 2 aromatic heterocycles. The molecular formula is C17H8Cl2F3N5O3. The summed E-state index contributed by atoms with van der Waals surface area (Å²) in [5.41, 5.74) is 0.778. The molecule has 0 saturated carbocycles. The Kier molecular flexibility index (Phi) is 4.79. The Balaban J connectivity index is 1.83. The number of fused-ring (bicyclic) bond motifs is 3. The molecule has 0 aliphatic heterocycles. The van der Waals surface area contributed by atoms with Crippen LogP contribution in [0.5, 0.6) is 5.75 Å². The van der Waals surface area contributed by atoms with E-state index in [2.05, 4.69) is 20.0 Å². The van der Waals surface area contributed by atoms with Crippen molar-refractivity contribution in [3.05, 3.63) is 63.0 Å². The van der Waals surface area contributed by atoms with Crippen molar-refractivity contribution in [3.8, 4) is 5.75 Å². The average molecular weight is 458 g/mol. The number of imidazole rings is 1. The van der Waals surface area contributed by atoms with Gasteiger partial charge in [-0.25, -0.2) is 9.97 Å². The molecule has 0 bridgehead atoms. The third kappa shape index (κ3) is 3.64. The van der Waals surface area contributed by atoms with Gasteiger partial charge in [-0.15, -0.1) is 13.2 Å². The molecule has 1 N–H and O–H groups in total. The lowest BCUT2D eigenvalue weighted by Gasteiger charge is -2.15. The van der Waals surface area contributed by atoms with E-state index in [-0.39, 0.29) is 38.3 Å². The number of nitro benzene ring substituents is 1. The van der Waals surface area contributed by atoms with Gasteiger partial charge in [0, 0.05) is 18.2 Å². The molecule has 0 atom stereocenters. The van der Waals surface area contributed by atoms with E-state index in [0.29, 0.717) is 5.52 Å². The van der Waals surface area contributed by atoms with Gasteiger partial charge in [0.15, 0.2) is 11.3 Å². The van der Waals surface area contributed by atoms with Gasteiger partial charge < -0.3 is 10.1 Å². The van der Waals surface area contributed by atoms with Gasteiger partial charge in [-0.05, 0) is 6.07 Å². The summed E-state index contributed by atoms with van der Waals surface area (Å²) in [5.74, 6) is -0.395. The van der Waals surface area contributed by atoms with Crippen LogP contribution in [-0.4, -0.2) is 25.7 Å². The van der Waals surface area contributed by atoms with Gasteiger partial charge in [0.25, 0.3) is 5.69 Å². The van der Waals surface area contributed by atoms with E-state index in [1.807, 2.05) is 0 Å². The second-order valence-electron chi connectivity index (χ2n) is 5.95. The Morgan fingerprint density at radius 3 is 2.53 bits per heavy atom. The highest BCUT2D eigenvalue weighted by atomic mass is 35.5. The molecule has 0 unspecified atom stereocenters. The SMILES string of the molecule is O=[N+]([O-])c1cccc2nc(Nc3c(Cl)cc(OC(F)(F)F)cc3Cl)c3cncn3c12. The van der Waals surface area contributed by atoms with Gasteiger partial charge in [0.1, 0.15) is 17.6 Å². The Hall–Kier alpha value is -3.31. The lowest BCUT2D eigenvalue weighted by atomic mass is 10.2. The molecule has 0 spiro atoms. The molecule has 2 aromatic carbocycles. The molecule has 154 valence electrons. The number of para-hydroxylation sites is 1. The number of aromatic nitrogens is 3. The standard InChI is InChI=1S/C17H8Cl2F3N5O3/c18-9-4-8(30-17(20,21)22)5-10(19)14(9)25-16-13-6-23-7-26(13)15-11(24-16)2-1-3-12(15)27(28)29/h1-7H,(H,24,25). The number of alkyl halides is 3. The minimum atomic E-state index is -4.90. The zero-order valence-electron chi connectivity index (χ0n) is 14.4. The third-order valence-electron chi connectivity index (χ3n) is 4.04. The van der Waals surface area contributed by atoms with E-state index in [1.54, 1.807) is 6.07 Å². The monoisotopic (exact) mass is 457 g/mol. The quantitative estimate of drug-likeness (QED) is 0.310. The highest BCUT2D eigenvalue weighted by Gasteiger charge is 2.31. The number of non-ortho nitro benzene ring substituents is 1. The van der Waals surface area contributed by atoms with Gasteiger partial charge >= 0.3 is 6.36 Å². The van der Waals surface area contributed by atoms with Gasteiger partial charge in [-0.3, -0.25) is 14.5 Å². The number of nitro groups is 1. The highest BCUT2D eigenvalue weighted by molar-refractivity contribution is 6.39. The first-order valence-electron chi connectivity index (χ1n) is 8.05. The summed E-state index contributed by atoms with van der Waals surface area (Å²) in [6.07, 6.45) is -2.12. The number of halogens is 5. The maximum atomic E-state index is 12.4. The molecule has 0 radical (unpaired) electrons. The van der Waals surface area contributed by atoms with Crippen molar-refractivity contribution < 1.29 is 22.8 Å². The largest absolute Gasteiger partial charge is 0.573 e. The number of nitrogens with one attached hydrogen (secondary N) is 1. The van der Waals surface area contributed by atoms with Crippen molar-refractivity contribution in [1.82, 2.24) is 14.4 Å². The Labute approximate surface area is 175 Å². The molecule has 0 fully saturated rings. The third-order valence-corrected chi connectivity index (χ3v) is 4.63. The Morgan fingerprint density at radius 1 is 1.20 bits per heavy atom. The predicted molar refractivity (Wildman–Crippen MR) is 104 cm³/mol. The summed E-state index contributed by atoms with van der Waals surface area (Å²) in [6.45, 7) is 0. The fourth-order valence-corrected chi connectivity index (χ4v) is 3.46. The van der Waals surface area contributed by atoms with Crippen LogP contribution in [0.15, 0.2) is 42.9 Å². The second kappa shape index (κ2) is 7.18. The molecule has 0 saturated heterocycles. The lowest BCUT2D eigenvalue weighted by Crippen LogP contribution is -2.17. The zero-order valence-corrected chi connectivity index (χ0v) is 16.0. The van der Waals surface area contributed by atoms with E-state index < -0.39 is 17.0 Å². The molecule has 4 rings (SSSR count). The van der Waals surface area contributed by atoms with Crippen LogP contribution in [0, 0.1) is 10.1 Å². The van der Waals surface area contributed by atoms with Crippen molar-refractivity contribution in [2.45, 2.75) is 6.36 Å². The first-order valence-corrected chi connectivity index (χ1v) is 8.80. The van der Waals surface area contributed by atoms with E-state index in [4.69, 9.17) is 23.2 Å². The van der Waals surface area contributed by atoms with Crippen molar-refractivity contribution >= 4 is 56.9 Å². The smallest absolute Gasteiger partial charge is 0.406 e. The molecule has 13 heteroatoms. The summed E-state index contributed by atoms with van der Waals surface area (Å²) in [5, 5.41) is 13.9. The minimum Gasteiger partial charge on any atom is -0.406 e. The van der Waals surface area contributed by atoms with Crippen LogP contribution >= 0.6 is 23.2 Å². The van der Waals surface area contributed by atoms with E-state index in [9.17, 15) is 23.3 Å².